The van der Waals surface area contributed by atoms with Gasteiger partial charge < -0.3 is 0 Å². The van der Waals surface area contributed by atoms with E-state index in [4.69, 9.17) is 0 Å². The van der Waals surface area contributed by atoms with Crippen molar-refractivity contribution in [3.8, 4) is 0 Å². The Kier molecular flexibility index (Phi) is 5.52. The first-order chi connectivity index (χ1) is 10.2. The number of hydrazone groups is 2. The summed E-state index contributed by atoms with van der Waals surface area (Å²) < 4.78 is 0. The molecule has 2 aromatic rings. The lowest BCUT2D eigenvalue weighted by Crippen LogP contribution is -2.26. The van der Waals surface area contributed by atoms with Crippen LogP contribution in [-0.4, -0.2) is 43.2 Å². The Morgan fingerprint density at radius 3 is 1.48 bits per heavy atom. The van der Waals surface area contributed by atoms with Gasteiger partial charge >= 0.3 is 0 Å². The summed E-state index contributed by atoms with van der Waals surface area (Å²) in [6.07, 6.45) is 3.68. The molecule has 0 spiro atoms. The molecule has 0 N–H and O–H groups in total. The second kappa shape index (κ2) is 7.85. The lowest BCUT2D eigenvalue weighted by molar-refractivity contribution is 0.196. The first kappa shape index (κ1) is 14.8. The maximum atomic E-state index is 4.38. The van der Waals surface area contributed by atoms with Crippen LogP contribution in [0, 0.1) is 0 Å². The van der Waals surface area contributed by atoms with Crippen LogP contribution in [0.3, 0.4) is 0 Å². The molecule has 0 unspecified atom stereocenters. The summed E-state index contributed by atoms with van der Waals surface area (Å²) in [5, 5.41) is 12.4. The van der Waals surface area contributed by atoms with Crippen molar-refractivity contribution in [3.63, 3.8) is 0 Å². The van der Waals surface area contributed by atoms with Gasteiger partial charge in [0.1, 0.15) is 6.67 Å². The summed E-state index contributed by atoms with van der Waals surface area (Å²) in [4.78, 5) is 0. The highest BCUT2D eigenvalue weighted by Crippen LogP contribution is 1.97. The molecule has 0 heterocycles. The van der Waals surface area contributed by atoms with Crippen molar-refractivity contribution >= 4 is 12.4 Å². The van der Waals surface area contributed by atoms with Gasteiger partial charge in [-0.15, -0.1) is 0 Å². The van der Waals surface area contributed by atoms with E-state index in [9.17, 15) is 0 Å². The Bertz CT molecular complexity index is 525. The molecular weight excluding hydrogens is 260 g/mol. The molecule has 0 aliphatic rings. The fourth-order valence-electron chi connectivity index (χ4n) is 1.78. The standard InChI is InChI=1S/C17H20N4/c1-20(18-13-16-9-5-3-6-10-16)15-21(2)19-14-17-11-7-4-8-12-17/h3-14H,15H2,1-2H3/b18-13-,19-14+. The van der Waals surface area contributed by atoms with Gasteiger partial charge in [-0.2, -0.15) is 10.2 Å². The molecule has 0 aliphatic carbocycles. The normalized spacial score (nSPS) is 11.1. The average molecular weight is 280 g/mol. The van der Waals surface area contributed by atoms with Crippen LogP contribution in [0.1, 0.15) is 11.1 Å². The summed E-state index contributed by atoms with van der Waals surface area (Å²) in [6.45, 7) is 0.618. The largest absolute Gasteiger partial charge is 0.279 e. The van der Waals surface area contributed by atoms with E-state index in [1.807, 2.05) is 97.2 Å². The molecule has 0 aliphatic heterocycles. The van der Waals surface area contributed by atoms with Gasteiger partial charge in [-0.3, -0.25) is 10.0 Å². The second-order valence-corrected chi connectivity index (χ2v) is 4.77. The highest BCUT2D eigenvalue weighted by atomic mass is 15.6. The number of nitrogens with zero attached hydrogens (tertiary/aromatic N) is 4. The topological polar surface area (TPSA) is 31.2 Å². The molecule has 4 heteroatoms. The van der Waals surface area contributed by atoms with E-state index < -0.39 is 0 Å². The zero-order valence-corrected chi connectivity index (χ0v) is 12.4. The molecule has 2 aromatic carbocycles. The zero-order valence-electron chi connectivity index (χ0n) is 12.4. The van der Waals surface area contributed by atoms with Gasteiger partial charge in [-0.1, -0.05) is 60.7 Å². The minimum Gasteiger partial charge on any atom is -0.279 e. The van der Waals surface area contributed by atoms with Crippen LogP contribution in [0.5, 0.6) is 0 Å². The second-order valence-electron chi connectivity index (χ2n) is 4.77. The van der Waals surface area contributed by atoms with Crippen LogP contribution in [0.15, 0.2) is 70.9 Å². The summed E-state index contributed by atoms with van der Waals surface area (Å²) >= 11 is 0. The summed E-state index contributed by atoms with van der Waals surface area (Å²) in [7, 11) is 3.85. The van der Waals surface area contributed by atoms with Crippen molar-refractivity contribution in [2.24, 2.45) is 10.2 Å². The maximum Gasteiger partial charge on any atom is 0.122 e. The van der Waals surface area contributed by atoms with Crippen LogP contribution in [0.4, 0.5) is 0 Å². The smallest absolute Gasteiger partial charge is 0.122 e. The van der Waals surface area contributed by atoms with Gasteiger partial charge in [0.15, 0.2) is 0 Å². The molecule has 2 rings (SSSR count). The molecule has 0 saturated carbocycles. The Morgan fingerprint density at radius 1 is 0.714 bits per heavy atom. The average Bonchev–Trinajstić information content (AvgIpc) is 2.53. The van der Waals surface area contributed by atoms with Crippen LogP contribution in [0.25, 0.3) is 0 Å². The first-order valence-electron chi connectivity index (χ1n) is 6.84. The fraction of sp³-hybridized carbons (Fsp3) is 0.176. The molecule has 0 radical (unpaired) electrons. The van der Waals surface area contributed by atoms with Crippen molar-refractivity contribution in [1.29, 1.82) is 0 Å². The van der Waals surface area contributed by atoms with Crippen molar-refractivity contribution in [3.05, 3.63) is 71.8 Å². The third-order valence-electron chi connectivity index (χ3n) is 2.82. The van der Waals surface area contributed by atoms with Crippen LogP contribution in [-0.2, 0) is 0 Å². The molecule has 0 saturated heterocycles. The highest BCUT2D eigenvalue weighted by Gasteiger charge is 1.96. The van der Waals surface area contributed by atoms with E-state index in [0.717, 1.165) is 11.1 Å². The lowest BCUT2D eigenvalue weighted by atomic mass is 10.2. The van der Waals surface area contributed by atoms with Gasteiger partial charge in [0, 0.05) is 14.1 Å². The lowest BCUT2D eigenvalue weighted by Gasteiger charge is -2.19. The number of rotatable bonds is 6. The Hall–Kier alpha value is -2.62. The van der Waals surface area contributed by atoms with Crippen molar-refractivity contribution < 1.29 is 0 Å². The van der Waals surface area contributed by atoms with Gasteiger partial charge in [0.05, 0.1) is 12.4 Å². The van der Waals surface area contributed by atoms with Crippen molar-refractivity contribution in [2.45, 2.75) is 0 Å². The van der Waals surface area contributed by atoms with E-state index in [-0.39, 0.29) is 0 Å². The van der Waals surface area contributed by atoms with Crippen molar-refractivity contribution in [2.75, 3.05) is 20.8 Å². The summed E-state index contributed by atoms with van der Waals surface area (Å²) in [5.41, 5.74) is 2.17. The number of hydrogen-bond donors (Lipinski definition) is 0. The maximum absolute atomic E-state index is 4.38. The molecule has 0 fully saturated rings. The highest BCUT2D eigenvalue weighted by molar-refractivity contribution is 5.79. The number of hydrogen-bond acceptors (Lipinski definition) is 4. The van der Waals surface area contributed by atoms with Gasteiger partial charge in [-0.05, 0) is 11.1 Å². The first-order valence-corrected chi connectivity index (χ1v) is 6.84. The van der Waals surface area contributed by atoms with E-state index in [0.29, 0.717) is 6.67 Å². The predicted octanol–water partition coefficient (Wildman–Crippen LogP) is 2.88. The molecule has 0 atom stereocenters. The van der Waals surface area contributed by atoms with Gasteiger partial charge in [0.2, 0.25) is 0 Å². The number of benzene rings is 2. The van der Waals surface area contributed by atoms with Crippen LogP contribution >= 0.6 is 0 Å². The minimum atomic E-state index is 0.618. The SMILES string of the molecule is CN(CN(C)/N=C/c1ccccc1)/N=C\c1ccccc1. The summed E-state index contributed by atoms with van der Waals surface area (Å²) in [6, 6.07) is 20.1. The molecule has 0 aromatic heterocycles. The molecular formula is C17H20N4. The van der Waals surface area contributed by atoms with E-state index in [1.54, 1.807) is 0 Å². The predicted molar refractivity (Wildman–Crippen MR) is 88.5 cm³/mol. The Balaban J connectivity index is 1.83. The quantitative estimate of drug-likeness (QED) is 0.463. The van der Waals surface area contributed by atoms with Gasteiger partial charge in [-0.25, -0.2) is 0 Å². The molecule has 0 bridgehead atoms. The van der Waals surface area contributed by atoms with Gasteiger partial charge in [0.25, 0.3) is 0 Å². The summed E-state index contributed by atoms with van der Waals surface area (Å²) in [5.74, 6) is 0. The molecule has 21 heavy (non-hydrogen) atoms. The zero-order chi connectivity index (χ0) is 14.9. The third kappa shape index (κ3) is 5.48. The fourth-order valence-corrected chi connectivity index (χ4v) is 1.78. The van der Waals surface area contributed by atoms with E-state index >= 15 is 0 Å². The molecule has 4 nitrogen and oxygen atoms in total. The molecule has 0 amide bonds. The van der Waals surface area contributed by atoms with E-state index in [2.05, 4.69) is 10.2 Å². The Labute approximate surface area is 126 Å². The molecule has 108 valence electrons. The third-order valence-corrected chi connectivity index (χ3v) is 2.82. The minimum absolute atomic E-state index is 0.618. The van der Waals surface area contributed by atoms with E-state index in [1.165, 1.54) is 0 Å². The van der Waals surface area contributed by atoms with Crippen LogP contribution in [0.2, 0.25) is 0 Å². The van der Waals surface area contributed by atoms with Crippen LogP contribution < -0.4 is 0 Å². The van der Waals surface area contributed by atoms with Crippen molar-refractivity contribution in [1.82, 2.24) is 10.0 Å². The Morgan fingerprint density at radius 2 is 1.10 bits per heavy atom. The monoisotopic (exact) mass is 280 g/mol.